The minimum Gasteiger partial charge on any atom is -0.465 e. The van der Waals surface area contributed by atoms with Crippen molar-refractivity contribution < 1.29 is 28.3 Å². The Morgan fingerprint density at radius 1 is 1.11 bits per heavy atom. The highest BCUT2D eigenvalue weighted by Crippen LogP contribution is 2.38. The average Bonchev–Trinajstić information content (AvgIpc) is 3.24. The Labute approximate surface area is 221 Å². The molecule has 3 amide bonds. The van der Waals surface area contributed by atoms with Crippen LogP contribution in [0.15, 0.2) is 53.4 Å². The summed E-state index contributed by atoms with van der Waals surface area (Å²) in [6, 6.07) is 12.2. The number of esters is 1. The summed E-state index contributed by atoms with van der Waals surface area (Å²) >= 11 is 2.55. The van der Waals surface area contributed by atoms with Gasteiger partial charge in [-0.15, -0.1) is 23.1 Å². The SMILES string of the molecule is COC(=O)c1c(NC(=O)CSc2cccc(NC(=O)c3ccc(F)cc3)c2)sc2c1CCN(C(C)=O)C2. The van der Waals surface area contributed by atoms with E-state index in [1.807, 2.05) is 6.07 Å². The molecule has 0 atom stereocenters. The minimum absolute atomic E-state index is 0.0447. The molecule has 2 aromatic carbocycles. The van der Waals surface area contributed by atoms with E-state index in [1.54, 1.807) is 23.1 Å². The van der Waals surface area contributed by atoms with Crippen LogP contribution in [-0.4, -0.2) is 48.0 Å². The van der Waals surface area contributed by atoms with Crippen molar-refractivity contribution in [3.63, 3.8) is 0 Å². The molecule has 1 aliphatic rings. The fourth-order valence-corrected chi connectivity index (χ4v) is 5.88. The Morgan fingerprint density at radius 2 is 1.86 bits per heavy atom. The number of methoxy groups -OCH3 is 1. The number of benzene rings is 2. The lowest BCUT2D eigenvalue weighted by Crippen LogP contribution is -2.33. The van der Waals surface area contributed by atoms with Crippen LogP contribution in [0.1, 0.15) is 38.1 Å². The number of anilines is 2. The van der Waals surface area contributed by atoms with Crippen LogP contribution >= 0.6 is 23.1 Å². The van der Waals surface area contributed by atoms with Crippen LogP contribution in [0.25, 0.3) is 0 Å². The fraction of sp³-hybridized carbons (Fsp3) is 0.231. The second-order valence-electron chi connectivity index (χ2n) is 8.22. The third kappa shape index (κ3) is 6.36. The van der Waals surface area contributed by atoms with Gasteiger partial charge in [0, 0.05) is 34.5 Å². The van der Waals surface area contributed by atoms with Gasteiger partial charge in [0.15, 0.2) is 0 Å². The Kier molecular flexibility index (Phi) is 8.24. The number of carbonyl (C=O) groups is 4. The lowest BCUT2D eigenvalue weighted by atomic mass is 10.0. The first kappa shape index (κ1) is 26.4. The number of nitrogens with one attached hydrogen (secondary N) is 2. The fourth-order valence-electron chi connectivity index (χ4n) is 3.86. The van der Waals surface area contributed by atoms with E-state index in [4.69, 9.17) is 4.74 Å². The van der Waals surface area contributed by atoms with E-state index in [1.165, 1.54) is 61.4 Å². The molecule has 1 aliphatic heterocycles. The minimum atomic E-state index is -0.527. The lowest BCUT2D eigenvalue weighted by molar-refractivity contribution is -0.129. The first-order valence-electron chi connectivity index (χ1n) is 11.3. The standard InChI is InChI=1S/C26H24FN3O5S2/c1-15(31)30-11-10-20-21(13-30)37-25(23(20)26(34)35-2)29-22(32)14-36-19-5-3-4-18(12-19)28-24(33)16-6-8-17(27)9-7-16/h3-9,12H,10-11,13-14H2,1-2H3,(H,28,33)(H,29,32). The van der Waals surface area contributed by atoms with E-state index in [2.05, 4.69) is 10.6 Å². The van der Waals surface area contributed by atoms with E-state index in [0.717, 1.165) is 15.3 Å². The van der Waals surface area contributed by atoms with Crippen LogP contribution in [0.3, 0.4) is 0 Å². The van der Waals surface area contributed by atoms with Crippen molar-refractivity contribution in [3.05, 3.63) is 75.9 Å². The van der Waals surface area contributed by atoms with Crippen molar-refractivity contribution in [2.75, 3.05) is 30.0 Å². The maximum absolute atomic E-state index is 13.1. The summed E-state index contributed by atoms with van der Waals surface area (Å²) in [7, 11) is 1.29. The highest BCUT2D eigenvalue weighted by atomic mass is 32.2. The Balaban J connectivity index is 1.40. The molecule has 2 N–H and O–H groups in total. The number of ether oxygens (including phenoxy) is 1. The Bertz CT molecular complexity index is 1360. The molecule has 192 valence electrons. The molecule has 0 saturated carbocycles. The quantitative estimate of drug-likeness (QED) is 0.336. The van der Waals surface area contributed by atoms with Gasteiger partial charge in [0.1, 0.15) is 10.8 Å². The van der Waals surface area contributed by atoms with Crippen LogP contribution in [0.5, 0.6) is 0 Å². The van der Waals surface area contributed by atoms with Gasteiger partial charge < -0.3 is 20.3 Å². The molecular formula is C26H24FN3O5S2. The summed E-state index contributed by atoms with van der Waals surface area (Å²) in [4.78, 5) is 52.7. The Hall–Kier alpha value is -3.70. The number of thiophene rings is 1. The van der Waals surface area contributed by atoms with Gasteiger partial charge in [-0.05, 0) is 54.4 Å². The molecule has 0 aliphatic carbocycles. The number of carbonyl (C=O) groups excluding carboxylic acids is 4. The maximum atomic E-state index is 13.1. The predicted molar refractivity (Wildman–Crippen MR) is 141 cm³/mol. The van der Waals surface area contributed by atoms with E-state index in [-0.39, 0.29) is 23.5 Å². The second kappa shape index (κ2) is 11.6. The predicted octanol–water partition coefficient (Wildman–Crippen LogP) is 4.56. The third-order valence-corrected chi connectivity index (χ3v) is 7.84. The van der Waals surface area contributed by atoms with Gasteiger partial charge in [-0.1, -0.05) is 6.07 Å². The van der Waals surface area contributed by atoms with Crippen molar-refractivity contribution in [1.29, 1.82) is 0 Å². The monoisotopic (exact) mass is 541 g/mol. The van der Waals surface area contributed by atoms with Gasteiger partial charge in [0.05, 0.1) is 25.0 Å². The number of halogens is 1. The first-order chi connectivity index (χ1) is 17.7. The van der Waals surface area contributed by atoms with Gasteiger partial charge in [-0.3, -0.25) is 14.4 Å². The lowest BCUT2D eigenvalue weighted by Gasteiger charge is -2.25. The van der Waals surface area contributed by atoms with Crippen LogP contribution in [0.2, 0.25) is 0 Å². The average molecular weight is 542 g/mol. The van der Waals surface area contributed by atoms with Gasteiger partial charge >= 0.3 is 5.97 Å². The number of hydrogen-bond acceptors (Lipinski definition) is 7. The molecule has 0 fully saturated rings. The summed E-state index contributed by atoms with van der Waals surface area (Å²) in [5, 5.41) is 5.99. The van der Waals surface area contributed by atoms with Crippen molar-refractivity contribution in [2.45, 2.75) is 24.8 Å². The number of hydrogen-bond donors (Lipinski definition) is 2. The van der Waals surface area contributed by atoms with E-state index in [0.29, 0.717) is 41.3 Å². The molecule has 1 aromatic heterocycles. The molecule has 11 heteroatoms. The molecule has 0 saturated heterocycles. The van der Waals surface area contributed by atoms with Crippen LogP contribution in [0.4, 0.5) is 15.1 Å². The van der Waals surface area contributed by atoms with Gasteiger partial charge in [0.25, 0.3) is 5.91 Å². The molecule has 4 rings (SSSR count). The van der Waals surface area contributed by atoms with Crippen molar-refractivity contribution in [2.24, 2.45) is 0 Å². The summed E-state index contributed by atoms with van der Waals surface area (Å²) in [6.45, 7) is 2.39. The van der Waals surface area contributed by atoms with Crippen LogP contribution < -0.4 is 10.6 Å². The summed E-state index contributed by atoms with van der Waals surface area (Å²) in [6.07, 6.45) is 0.511. The summed E-state index contributed by atoms with van der Waals surface area (Å²) < 4.78 is 18.0. The highest BCUT2D eigenvalue weighted by molar-refractivity contribution is 8.00. The van der Waals surface area contributed by atoms with E-state index < -0.39 is 11.8 Å². The zero-order valence-electron chi connectivity index (χ0n) is 20.1. The zero-order valence-corrected chi connectivity index (χ0v) is 21.8. The number of nitrogens with zero attached hydrogens (tertiary/aromatic N) is 1. The molecule has 0 spiro atoms. The molecular weight excluding hydrogens is 517 g/mol. The van der Waals surface area contributed by atoms with E-state index >= 15 is 0 Å². The van der Waals surface area contributed by atoms with Crippen molar-refractivity contribution >= 4 is 57.5 Å². The summed E-state index contributed by atoms with van der Waals surface area (Å²) in [5.41, 5.74) is 2.01. The van der Waals surface area contributed by atoms with Crippen molar-refractivity contribution in [1.82, 2.24) is 4.90 Å². The smallest absolute Gasteiger partial charge is 0.341 e. The van der Waals surface area contributed by atoms with E-state index in [9.17, 15) is 23.6 Å². The number of thioether (sulfide) groups is 1. The highest BCUT2D eigenvalue weighted by Gasteiger charge is 2.30. The zero-order chi connectivity index (χ0) is 26.5. The van der Waals surface area contributed by atoms with Gasteiger partial charge in [0.2, 0.25) is 11.8 Å². The molecule has 3 aromatic rings. The van der Waals surface area contributed by atoms with Gasteiger partial charge in [-0.2, -0.15) is 0 Å². The van der Waals surface area contributed by atoms with Crippen LogP contribution in [-0.2, 0) is 27.3 Å². The molecule has 0 unspecified atom stereocenters. The number of fused-ring (bicyclic) bond motifs is 1. The number of amides is 3. The molecule has 2 heterocycles. The molecule has 0 bridgehead atoms. The number of rotatable bonds is 7. The van der Waals surface area contributed by atoms with Crippen LogP contribution in [0, 0.1) is 5.82 Å². The molecule has 8 nitrogen and oxygen atoms in total. The topological polar surface area (TPSA) is 105 Å². The first-order valence-corrected chi connectivity index (χ1v) is 13.1. The van der Waals surface area contributed by atoms with Gasteiger partial charge in [-0.25, -0.2) is 9.18 Å². The molecule has 0 radical (unpaired) electrons. The molecule has 37 heavy (non-hydrogen) atoms. The van der Waals surface area contributed by atoms with Crippen molar-refractivity contribution in [3.8, 4) is 0 Å². The summed E-state index contributed by atoms with van der Waals surface area (Å²) in [5.74, 6) is -1.61. The normalized spacial score (nSPS) is 12.5. The largest absolute Gasteiger partial charge is 0.465 e. The maximum Gasteiger partial charge on any atom is 0.341 e. The Morgan fingerprint density at radius 3 is 2.57 bits per heavy atom. The second-order valence-corrected chi connectivity index (χ2v) is 10.4. The third-order valence-electron chi connectivity index (χ3n) is 5.71.